The van der Waals surface area contributed by atoms with E-state index in [-0.39, 0.29) is 24.0 Å². The first-order chi connectivity index (χ1) is 9.88. The van der Waals surface area contributed by atoms with Gasteiger partial charge in [0.2, 0.25) is 10.0 Å². The third-order valence-corrected chi connectivity index (χ3v) is 5.01. The molecule has 0 bridgehead atoms. The van der Waals surface area contributed by atoms with Gasteiger partial charge in [-0.25, -0.2) is 12.7 Å². The Bertz CT molecular complexity index is 467. The van der Waals surface area contributed by atoms with Gasteiger partial charge in [-0.15, -0.1) is 30.6 Å². The number of unbranched alkanes of at least 4 members (excludes halogenated alkanes) is 1. The summed E-state index contributed by atoms with van der Waals surface area (Å²) in [4.78, 5) is 6.36. The zero-order valence-corrected chi connectivity index (χ0v) is 16.9. The molecule has 0 spiro atoms. The Morgan fingerprint density at radius 2 is 2.23 bits per heavy atom. The maximum Gasteiger partial charge on any atom is 0.211 e. The van der Waals surface area contributed by atoms with Crippen molar-refractivity contribution >= 4 is 40.0 Å². The van der Waals surface area contributed by atoms with Crippen LogP contribution in [0.3, 0.4) is 0 Å². The van der Waals surface area contributed by atoms with Gasteiger partial charge in [-0.1, -0.05) is 6.08 Å². The molecule has 0 aromatic heterocycles. The molecular weight excluding hydrogens is 415 g/mol. The summed E-state index contributed by atoms with van der Waals surface area (Å²) in [5.41, 5.74) is 0. The molecule has 0 amide bonds. The maximum absolute atomic E-state index is 11.5. The van der Waals surface area contributed by atoms with Gasteiger partial charge in [0.25, 0.3) is 0 Å². The Kier molecular flexibility index (Phi) is 10.3. The molecule has 1 heterocycles. The van der Waals surface area contributed by atoms with Crippen LogP contribution >= 0.6 is 24.0 Å². The van der Waals surface area contributed by atoms with Crippen LogP contribution in [0.15, 0.2) is 17.6 Å². The topological polar surface area (TPSA) is 65.0 Å². The number of allylic oxidation sites excluding steroid dienone is 1. The van der Waals surface area contributed by atoms with Crippen LogP contribution in [0.5, 0.6) is 0 Å². The Morgan fingerprint density at radius 3 is 2.73 bits per heavy atom. The van der Waals surface area contributed by atoms with Gasteiger partial charge in [-0.05, 0) is 25.2 Å². The van der Waals surface area contributed by atoms with Crippen molar-refractivity contribution in [2.45, 2.75) is 19.3 Å². The zero-order valence-electron chi connectivity index (χ0n) is 13.8. The molecule has 6 nitrogen and oxygen atoms in total. The molecule has 1 aliphatic heterocycles. The van der Waals surface area contributed by atoms with Crippen molar-refractivity contribution in [2.24, 2.45) is 10.9 Å². The third kappa shape index (κ3) is 7.28. The average molecular weight is 444 g/mol. The van der Waals surface area contributed by atoms with E-state index in [1.54, 1.807) is 11.4 Å². The maximum atomic E-state index is 11.5. The van der Waals surface area contributed by atoms with Gasteiger partial charge in [0.1, 0.15) is 0 Å². The van der Waals surface area contributed by atoms with Gasteiger partial charge in [0.15, 0.2) is 5.96 Å². The molecule has 0 aliphatic carbocycles. The summed E-state index contributed by atoms with van der Waals surface area (Å²) in [6.07, 6.45) is 6.13. The highest BCUT2D eigenvalue weighted by molar-refractivity contribution is 14.0. The van der Waals surface area contributed by atoms with Crippen molar-refractivity contribution in [3.05, 3.63) is 12.7 Å². The highest BCUT2D eigenvalue weighted by Gasteiger charge is 2.28. The average Bonchev–Trinajstić information content (AvgIpc) is 2.88. The van der Waals surface area contributed by atoms with E-state index in [4.69, 9.17) is 0 Å². The predicted octanol–water partition coefficient (Wildman–Crippen LogP) is 1.36. The van der Waals surface area contributed by atoms with Gasteiger partial charge in [0.05, 0.1) is 6.26 Å². The molecule has 1 rings (SSSR count). The first-order valence-electron chi connectivity index (χ1n) is 7.36. The summed E-state index contributed by atoms with van der Waals surface area (Å²) in [6.45, 7) is 6.62. The molecule has 0 aromatic rings. The van der Waals surface area contributed by atoms with Gasteiger partial charge in [0, 0.05) is 40.3 Å². The Morgan fingerprint density at radius 1 is 1.55 bits per heavy atom. The minimum atomic E-state index is -3.06. The van der Waals surface area contributed by atoms with Crippen LogP contribution in [-0.4, -0.2) is 70.1 Å². The van der Waals surface area contributed by atoms with Crippen LogP contribution in [-0.2, 0) is 10.0 Å². The lowest BCUT2D eigenvalue weighted by Crippen LogP contribution is -2.42. The van der Waals surface area contributed by atoms with E-state index in [2.05, 4.69) is 21.8 Å². The van der Waals surface area contributed by atoms with Gasteiger partial charge in [-0.2, -0.15) is 0 Å². The van der Waals surface area contributed by atoms with E-state index in [1.807, 2.05) is 13.1 Å². The number of rotatable bonds is 7. The number of nitrogens with zero attached hydrogens (tertiary/aromatic N) is 3. The molecule has 22 heavy (non-hydrogen) atoms. The van der Waals surface area contributed by atoms with E-state index in [9.17, 15) is 8.42 Å². The second-order valence-corrected chi connectivity index (χ2v) is 7.54. The fourth-order valence-electron chi connectivity index (χ4n) is 2.46. The number of sulfonamides is 1. The van der Waals surface area contributed by atoms with Crippen molar-refractivity contribution in [3.8, 4) is 0 Å². The van der Waals surface area contributed by atoms with Gasteiger partial charge < -0.3 is 10.2 Å². The summed E-state index contributed by atoms with van der Waals surface area (Å²) in [5.74, 6) is 1.20. The summed E-state index contributed by atoms with van der Waals surface area (Å²) < 4.78 is 24.5. The second-order valence-electron chi connectivity index (χ2n) is 5.56. The highest BCUT2D eigenvalue weighted by Crippen LogP contribution is 2.17. The number of guanidine groups is 1. The number of halogens is 1. The number of hydrogen-bond donors (Lipinski definition) is 1. The molecule has 1 saturated heterocycles. The normalized spacial score (nSPS) is 19.6. The summed E-state index contributed by atoms with van der Waals surface area (Å²) in [6, 6.07) is 0. The molecular formula is C14H29IN4O2S. The van der Waals surface area contributed by atoms with E-state index in [0.29, 0.717) is 19.0 Å². The number of nitrogens with one attached hydrogen (secondary N) is 1. The minimum Gasteiger partial charge on any atom is -0.356 e. The van der Waals surface area contributed by atoms with Crippen molar-refractivity contribution in [3.63, 3.8) is 0 Å². The van der Waals surface area contributed by atoms with E-state index in [0.717, 1.165) is 38.3 Å². The standard InChI is InChI=1S/C14H28N4O2S.HI/c1-5-6-7-9-17(3)14(15-2)16-11-13-8-10-18(12-13)21(4,19)20;/h5,13H,1,6-12H2,2-4H3,(H,15,16);1H. The van der Waals surface area contributed by atoms with E-state index < -0.39 is 10.0 Å². The molecule has 1 N–H and O–H groups in total. The van der Waals surface area contributed by atoms with Gasteiger partial charge in [-0.3, -0.25) is 4.99 Å². The fraction of sp³-hybridized carbons (Fsp3) is 0.786. The van der Waals surface area contributed by atoms with Crippen LogP contribution in [0.25, 0.3) is 0 Å². The molecule has 0 aromatic carbocycles. The number of hydrogen-bond acceptors (Lipinski definition) is 3. The summed E-state index contributed by atoms with van der Waals surface area (Å²) in [7, 11) is 0.722. The Balaban J connectivity index is 0.00000441. The van der Waals surface area contributed by atoms with E-state index in [1.165, 1.54) is 6.26 Å². The molecule has 130 valence electrons. The van der Waals surface area contributed by atoms with Gasteiger partial charge >= 0.3 is 0 Å². The first-order valence-corrected chi connectivity index (χ1v) is 9.21. The summed E-state index contributed by atoms with van der Waals surface area (Å²) in [5, 5.41) is 3.34. The van der Waals surface area contributed by atoms with Crippen molar-refractivity contribution < 1.29 is 8.42 Å². The van der Waals surface area contributed by atoms with Crippen LogP contribution in [0.1, 0.15) is 19.3 Å². The Labute approximate surface area is 152 Å². The van der Waals surface area contributed by atoms with Crippen molar-refractivity contribution in [2.75, 3.05) is 46.5 Å². The highest BCUT2D eigenvalue weighted by atomic mass is 127. The lowest BCUT2D eigenvalue weighted by atomic mass is 10.1. The van der Waals surface area contributed by atoms with Crippen molar-refractivity contribution in [1.82, 2.24) is 14.5 Å². The first kappa shape index (κ1) is 21.6. The molecule has 1 atom stereocenters. The molecule has 1 fully saturated rings. The van der Waals surface area contributed by atoms with Crippen LogP contribution in [0.2, 0.25) is 0 Å². The third-order valence-electron chi connectivity index (χ3n) is 3.74. The lowest BCUT2D eigenvalue weighted by Gasteiger charge is -2.23. The fourth-order valence-corrected chi connectivity index (χ4v) is 3.38. The molecule has 1 unspecified atom stereocenters. The quantitative estimate of drug-likeness (QED) is 0.212. The van der Waals surface area contributed by atoms with E-state index >= 15 is 0 Å². The smallest absolute Gasteiger partial charge is 0.211 e. The number of aliphatic imine (C=N–C) groups is 1. The summed E-state index contributed by atoms with van der Waals surface area (Å²) >= 11 is 0. The second kappa shape index (κ2) is 10.4. The molecule has 0 saturated carbocycles. The monoisotopic (exact) mass is 444 g/mol. The molecule has 1 aliphatic rings. The zero-order chi connectivity index (χ0) is 15.9. The lowest BCUT2D eigenvalue weighted by molar-refractivity contribution is 0.441. The Hall–Kier alpha value is -0.350. The predicted molar refractivity (Wildman–Crippen MR) is 103 cm³/mol. The van der Waals surface area contributed by atoms with Crippen LogP contribution in [0, 0.1) is 5.92 Å². The van der Waals surface area contributed by atoms with Crippen LogP contribution in [0.4, 0.5) is 0 Å². The SMILES string of the molecule is C=CCCCN(C)C(=NC)NCC1CCN(S(C)(=O)=O)C1.I. The van der Waals surface area contributed by atoms with Crippen LogP contribution < -0.4 is 5.32 Å². The van der Waals surface area contributed by atoms with Crippen molar-refractivity contribution in [1.29, 1.82) is 0 Å². The minimum absolute atomic E-state index is 0. The molecule has 0 radical (unpaired) electrons. The molecule has 8 heteroatoms. The largest absolute Gasteiger partial charge is 0.356 e.